The summed E-state index contributed by atoms with van der Waals surface area (Å²) in [6.07, 6.45) is 5.85. The molecule has 0 bridgehead atoms. The van der Waals surface area contributed by atoms with E-state index in [0.29, 0.717) is 0 Å². The maximum atomic E-state index is 11.2. The molecule has 0 unspecified atom stereocenters. The zero-order valence-corrected chi connectivity index (χ0v) is 9.51. The maximum absolute atomic E-state index is 11.2. The second-order valence-corrected chi connectivity index (χ2v) is 4.00. The lowest BCUT2D eigenvalue weighted by Gasteiger charge is -2.06. The van der Waals surface area contributed by atoms with Gasteiger partial charge in [0.25, 0.3) is 0 Å². The molecular weight excluding hydrogens is 176 g/mol. The standard InChI is InChI=1S/C11H24N2O/c1-10(2)11(14)13-9-7-5-3-4-6-8-12/h10H,3-9,12H2,1-2H3,(H,13,14). The molecular formula is C11H24N2O. The van der Waals surface area contributed by atoms with Crippen molar-refractivity contribution in [2.24, 2.45) is 11.7 Å². The van der Waals surface area contributed by atoms with Gasteiger partial charge in [0.2, 0.25) is 5.91 Å². The highest BCUT2D eigenvalue weighted by Crippen LogP contribution is 2.01. The van der Waals surface area contributed by atoms with Gasteiger partial charge in [0.1, 0.15) is 0 Å². The number of nitrogens with one attached hydrogen (secondary N) is 1. The Hall–Kier alpha value is -0.570. The normalized spacial score (nSPS) is 10.6. The van der Waals surface area contributed by atoms with Crippen molar-refractivity contribution >= 4 is 5.91 Å². The molecule has 84 valence electrons. The summed E-state index contributed by atoms with van der Waals surface area (Å²) in [4.78, 5) is 11.2. The van der Waals surface area contributed by atoms with Gasteiger partial charge in [-0.25, -0.2) is 0 Å². The van der Waals surface area contributed by atoms with Crippen molar-refractivity contribution in [2.75, 3.05) is 13.1 Å². The van der Waals surface area contributed by atoms with Gasteiger partial charge in [-0.2, -0.15) is 0 Å². The van der Waals surface area contributed by atoms with Crippen molar-refractivity contribution in [1.82, 2.24) is 5.32 Å². The van der Waals surface area contributed by atoms with Gasteiger partial charge in [-0.3, -0.25) is 4.79 Å². The SMILES string of the molecule is CC(C)C(=O)NCCCCCCCN. The van der Waals surface area contributed by atoms with Crippen LogP contribution >= 0.6 is 0 Å². The zero-order valence-electron chi connectivity index (χ0n) is 9.51. The van der Waals surface area contributed by atoms with Gasteiger partial charge in [0, 0.05) is 12.5 Å². The summed E-state index contributed by atoms with van der Waals surface area (Å²) < 4.78 is 0. The topological polar surface area (TPSA) is 55.1 Å². The molecule has 0 aromatic heterocycles. The smallest absolute Gasteiger partial charge is 0.222 e. The van der Waals surface area contributed by atoms with Crippen molar-refractivity contribution in [3.63, 3.8) is 0 Å². The van der Waals surface area contributed by atoms with Crippen molar-refractivity contribution in [2.45, 2.75) is 46.0 Å². The molecule has 0 aliphatic carbocycles. The predicted octanol–water partition coefficient (Wildman–Crippen LogP) is 1.67. The van der Waals surface area contributed by atoms with Crippen LogP contribution in [0.5, 0.6) is 0 Å². The molecule has 0 aromatic carbocycles. The molecule has 1 amide bonds. The van der Waals surface area contributed by atoms with E-state index in [-0.39, 0.29) is 11.8 Å². The van der Waals surface area contributed by atoms with Gasteiger partial charge in [0.15, 0.2) is 0 Å². The number of rotatable bonds is 8. The van der Waals surface area contributed by atoms with E-state index in [9.17, 15) is 4.79 Å². The first-order chi connectivity index (χ1) is 6.68. The van der Waals surface area contributed by atoms with Gasteiger partial charge >= 0.3 is 0 Å². The molecule has 0 radical (unpaired) electrons. The van der Waals surface area contributed by atoms with Crippen LogP contribution in [0.25, 0.3) is 0 Å². The number of hydrogen-bond acceptors (Lipinski definition) is 2. The first-order valence-corrected chi connectivity index (χ1v) is 5.66. The Kier molecular flexibility index (Phi) is 8.64. The zero-order chi connectivity index (χ0) is 10.8. The second-order valence-electron chi connectivity index (χ2n) is 4.00. The van der Waals surface area contributed by atoms with Gasteiger partial charge in [-0.1, -0.05) is 33.1 Å². The highest BCUT2D eigenvalue weighted by atomic mass is 16.1. The fraction of sp³-hybridized carbons (Fsp3) is 0.909. The Bertz CT molecular complexity index is 146. The number of carbonyl (C=O) groups is 1. The lowest BCUT2D eigenvalue weighted by atomic mass is 10.1. The van der Waals surface area contributed by atoms with Crippen molar-refractivity contribution in [1.29, 1.82) is 0 Å². The number of unbranched alkanes of at least 4 members (excludes halogenated alkanes) is 4. The van der Waals surface area contributed by atoms with Gasteiger partial charge in [0.05, 0.1) is 0 Å². The largest absolute Gasteiger partial charge is 0.356 e. The van der Waals surface area contributed by atoms with E-state index in [4.69, 9.17) is 5.73 Å². The number of nitrogens with two attached hydrogens (primary N) is 1. The summed E-state index contributed by atoms with van der Waals surface area (Å²) in [6.45, 7) is 5.44. The van der Waals surface area contributed by atoms with Crippen LogP contribution < -0.4 is 11.1 Å². The predicted molar refractivity (Wildman–Crippen MR) is 60.0 cm³/mol. The van der Waals surface area contributed by atoms with Crippen LogP contribution in [-0.4, -0.2) is 19.0 Å². The lowest BCUT2D eigenvalue weighted by molar-refractivity contribution is -0.123. The fourth-order valence-corrected chi connectivity index (χ4v) is 1.22. The molecule has 0 fully saturated rings. The Morgan fingerprint density at radius 1 is 1.14 bits per heavy atom. The van der Waals surface area contributed by atoms with E-state index in [1.165, 1.54) is 19.3 Å². The third-order valence-electron chi connectivity index (χ3n) is 2.20. The molecule has 0 aromatic rings. The number of amides is 1. The van der Waals surface area contributed by atoms with Crippen LogP contribution in [0.15, 0.2) is 0 Å². The molecule has 0 saturated carbocycles. The minimum atomic E-state index is 0.104. The van der Waals surface area contributed by atoms with Crippen molar-refractivity contribution in [3.8, 4) is 0 Å². The molecule has 0 rings (SSSR count). The van der Waals surface area contributed by atoms with Crippen LogP contribution in [-0.2, 0) is 4.79 Å². The monoisotopic (exact) mass is 200 g/mol. The van der Waals surface area contributed by atoms with Crippen LogP contribution in [0.3, 0.4) is 0 Å². The first kappa shape index (κ1) is 13.4. The van der Waals surface area contributed by atoms with E-state index >= 15 is 0 Å². The van der Waals surface area contributed by atoms with Crippen LogP contribution in [0.1, 0.15) is 46.0 Å². The molecule has 0 aliphatic heterocycles. The Morgan fingerprint density at radius 3 is 2.29 bits per heavy atom. The van der Waals surface area contributed by atoms with Crippen LogP contribution in [0.2, 0.25) is 0 Å². The molecule has 3 N–H and O–H groups in total. The van der Waals surface area contributed by atoms with Gasteiger partial charge < -0.3 is 11.1 Å². The Balaban J connectivity index is 3.10. The minimum absolute atomic E-state index is 0.104. The quantitative estimate of drug-likeness (QED) is 0.586. The molecule has 3 nitrogen and oxygen atoms in total. The highest BCUT2D eigenvalue weighted by molar-refractivity contribution is 5.77. The molecule has 0 aliphatic rings. The van der Waals surface area contributed by atoms with E-state index in [0.717, 1.165) is 25.9 Å². The average Bonchev–Trinajstić information content (AvgIpc) is 2.16. The van der Waals surface area contributed by atoms with E-state index in [2.05, 4.69) is 5.32 Å². The summed E-state index contributed by atoms with van der Waals surface area (Å²) in [6, 6.07) is 0. The average molecular weight is 200 g/mol. The molecule has 14 heavy (non-hydrogen) atoms. The Morgan fingerprint density at radius 2 is 1.71 bits per heavy atom. The van der Waals surface area contributed by atoms with E-state index in [1.54, 1.807) is 0 Å². The molecule has 3 heteroatoms. The van der Waals surface area contributed by atoms with Crippen molar-refractivity contribution < 1.29 is 4.79 Å². The second kappa shape index (κ2) is 9.00. The molecule has 0 heterocycles. The summed E-state index contributed by atoms with van der Waals surface area (Å²) in [5, 5.41) is 2.91. The number of carbonyl (C=O) groups excluding carboxylic acids is 1. The maximum Gasteiger partial charge on any atom is 0.222 e. The molecule has 0 atom stereocenters. The summed E-state index contributed by atoms with van der Waals surface area (Å²) in [5.74, 6) is 0.263. The summed E-state index contributed by atoms with van der Waals surface area (Å²) in [7, 11) is 0. The minimum Gasteiger partial charge on any atom is -0.356 e. The Labute approximate surface area is 87.4 Å². The van der Waals surface area contributed by atoms with Crippen LogP contribution in [0, 0.1) is 5.92 Å². The number of hydrogen-bond donors (Lipinski definition) is 2. The summed E-state index contributed by atoms with van der Waals surface area (Å²) in [5.41, 5.74) is 5.39. The van der Waals surface area contributed by atoms with E-state index < -0.39 is 0 Å². The third-order valence-corrected chi connectivity index (χ3v) is 2.20. The fourth-order valence-electron chi connectivity index (χ4n) is 1.22. The summed E-state index contributed by atoms with van der Waals surface area (Å²) >= 11 is 0. The molecule has 0 spiro atoms. The van der Waals surface area contributed by atoms with Crippen molar-refractivity contribution in [3.05, 3.63) is 0 Å². The van der Waals surface area contributed by atoms with E-state index in [1.807, 2.05) is 13.8 Å². The first-order valence-electron chi connectivity index (χ1n) is 5.66. The lowest BCUT2D eigenvalue weighted by Crippen LogP contribution is -2.28. The highest BCUT2D eigenvalue weighted by Gasteiger charge is 2.04. The van der Waals surface area contributed by atoms with Gasteiger partial charge in [-0.15, -0.1) is 0 Å². The van der Waals surface area contributed by atoms with Crippen LogP contribution in [0.4, 0.5) is 0 Å². The third kappa shape index (κ3) is 8.05. The molecule has 0 saturated heterocycles. The van der Waals surface area contributed by atoms with Gasteiger partial charge in [-0.05, 0) is 19.4 Å².